The van der Waals surface area contributed by atoms with Crippen LogP contribution in [-0.4, -0.2) is 19.7 Å². The predicted molar refractivity (Wildman–Crippen MR) is 68.2 cm³/mol. The fourth-order valence-corrected chi connectivity index (χ4v) is 3.15. The van der Waals surface area contributed by atoms with Crippen LogP contribution in [0.1, 0.15) is 5.56 Å². The minimum absolute atomic E-state index is 0.375. The SMILES string of the molecule is Cc1ccc(-c2cc(N=C=S)c[se]2)cc1. The summed E-state index contributed by atoms with van der Waals surface area (Å²) < 4.78 is 1.35. The van der Waals surface area contributed by atoms with E-state index in [0.29, 0.717) is 14.5 Å². The first-order valence-electron chi connectivity index (χ1n) is 4.53. The van der Waals surface area contributed by atoms with Crippen molar-refractivity contribution in [3.05, 3.63) is 40.8 Å². The molecule has 2 rings (SSSR count). The zero-order valence-corrected chi connectivity index (χ0v) is 10.8. The summed E-state index contributed by atoms with van der Waals surface area (Å²) >= 11 is 4.96. The van der Waals surface area contributed by atoms with Crippen LogP contribution in [0.5, 0.6) is 0 Å². The van der Waals surface area contributed by atoms with Crippen LogP contribution in [0, 0.1) is 6.92 Å². The van der Waals surface area contributed by atoms with Crippen LogP contribution in [-0.2, 0) is 0 Å². The fraction of sp³-hybridized carbons (Fsp3) is 0.0833. The van der Waals surface area contributed by atoms with Gasteiger partial charge in [0.05, 0.1) is 0 Å². The summed E-state index contributed by atoms with van der Waals surface area (Å²) in [7, 11) is 0. The van der Waals surface area contributed by atoms with Gasteiger partial charge in [-0.2, -0.15) is 0 Å². The molecule has 0 saturated carbocycles. The molecule has 15 heavy (non-hydrogen) atoms. The molecular formula is C12H9NSSe. The van der Waals surface area contributed by atoms with Crippen molar-refractivity contribution >= 4 is 37.6 Å². The zero-order valence-electron chi connectivity index (χ0n) is 8.23. The average Bonchev–Trinajstić information content (AvgIpc) is 2.68. The molecule has 0 saturated heterocycles. The number of isothiocyanates is 1. The summed E-state index contributed by atoms with van der Waals surface area (Å²) in [6.45, 7) is 2.10. The molecule has 0 unspecified atom stereocenters. The molecule has 3 heteroatoms. The fourth-order valence-electron chi connectivity index (χ4n) is 1.31. The van der Waals surface area contributed by atoms with Gasteiger partial charge in [0.1, 0.15) is 0 Å². The van der Waals surface area contributed by atoms with E-state index in [-0.39, 0.29) is 0 Å². The minimum atomic E-state index is 0.375. The van der Waals surface area contributed by atoms with Crippen LogP contribution in [0.15, 0.2) is 40.3 Å². The normalized spacial score (nSPS) is 9.67. The van der Waals surface area contributed by atoms with E-state index < -0.39 is 0 Å². The van der Waals surface area contributed by atoms with Crippen LogP contribution in [0.4, 0.5) is 5.69 Å². The molecular weight excluding hydrogens is 269 g/mol. The summed E-state index contributed by atoms with van der Waals surface area (Å²) in [5.41, 5.74) is 3.52. The molecule has 0 aliphatic rings. The summed E-state index contributed by atoms with van der Waals surface area (Å²) in [4.78, 5) is 6.11. The van der Waals surface area contributed by atoms with Gasteiger partial charge in [0.25, 0.3) is 0 Å². The van der Waals surface area contributed by atoms with Gasteiger partial charge in [-0.1, -0.05) is 0 Å². The van der Waals surface area contributed by atoms with Gasteiger partial charge in [0.15, 0.2) is 0 Å². The second kappa shape index (κ2) is 4.69. The van der Waals surface area contributed by atoms with E-state index in [9.17, 15) is 0 Å². The summed E-state index contributed by atoms with van der Waals surface area (Å²) in [6.07, 6.45) is 0. The van der Waals surface area contributed by atoms with Crippen molar-refractivity contribution < 1.29 is 0 Å². The first-order chi connectivity index (χ1) is 7.29. The van der Waals surface area contributed by atoms with E-state index in [2.05, 4.69) is 64.6 Å². The molecule has 0 aliphatic heterocycles. The summed E-state index contributed by atoms with van der Waals surface area (Å²) in [5, 5.41) is 2.40. The van der Waals surface area contributed by atoms with Gasteiger partial charge < -0.3 is 0 Å². The van der Waals surface area contributed by atoms with E-state index in [1.165, 1.54) is 15.6 Å². The van der Waals surface area contributed by atoms with Crippen LogP contribution in [0.25, 0.3) is 10.0 Å². The topological polar surface area (TPSA) is 12.4 Å². The van der Waals surface area contributed by atoms with Gasteiger partial charge in [-0.05, 0) is 0 Å². The number of hydrogen-bond donors (Lipinski definition) is 0. The Morgan fingerprint density at radius 2 is 2.00 bits per heavy atom. The van der Waals surface area contributed by atoms with E-state index in [4.69, 9.17) is 0 Å². The number of aryl methyl sites for hydroxylation is 1. The van der Waals surface area contributed by atoms with Crippen molar-refractivity contribution in [2.24, 2.45) is 4.99 Å². The van der Waals surface area contributed by atoms with Gasteiger partial charge in [0.2, 0.25) is 0 Å². The molecule has 0 spiro atoms. The second-order valence-corrected chi connectivity index (χ2v) is 5.33. The van der Waals surface area contributed by atoms with Gasteiger partial charge in [-0.15, -0.1) is 0 Å². The summed E-state index contributed by atoms with van der Waals surface area (Å²) in [6, 6.07) is 10.7. The molecule has 1 aromatic carbocycles. The molecule has 2 aromatic rings. The van der Waals surface area contributed by atoms with Crippen molar-refractivity contribution in [1.82, 2.24) is 0 Å². The Bertz CT molecular complexity index is 507. The third-order valence-electron chi connectivity index (χ3n) is 2.10. The van der Waals surface area contributed by atoms with E-state index in [1.54, 1.807) is 0 Å². The maximum atomic E-state index is 4.58. The Balaban J connectivity index is 2.37. The molecule has 1 nitrogen and oxygen atoms in total. The Kier molecular flexibility index (Phi) is 3.30. The van der Waals surface area contributed by atoms with E-state index in [0.717, 1.165) is 5.69 Å². The number of benzene rings is 1. The second-order valence-electron chi connectivity index (χ2n) is 3.24. The Morgan fingerprint density at radius 3 is 2.67 bits per heavy atom. The van der Waals surface area contributed by atoms with Crippen LogP contribution in [0.3, 0.4) is 0 Å². The van der Waals surface area contributed by atoms with Crippen molar-refractivity contribution in [2.45, 2.75) is 6.92 Å². The van der Waals surface area contributed by atoms with Gasteiger partial charge in [0, 0.05) is 0 Å². The molecule has 0 N–H and O–H groups in total. The Morgan fingerprint density at radius 1 is 1.27 bits per heavy atom. The molecule has 0 amide bonds. The quantitative estimate of drug-likeness (QED) is 0.465. The number of nitrogens with zero attached hydrogens (tertiary/aromatic N) is 1. The summed E-state index contributed by atoms with van der Waals surface area (Å²) in [5.74, 6) is 0. The van der Waals surface area contributed by atoms with Crippen LogP contribution < -0.4 is 0 Å². The van der Waals surface area contributed by atoms with Crippen molar-refractivity contribution in [2.75, 3.05) is 0 Å². The molecule has 0 bridgehead atoms. The molecule has 0 fully saturated rings. The number of thiocarbonyl (C=S) groups is 1. The number of aliphatic imine (C=N–C) groups is 1. The van der Waals surface area contributed by atoms with Gasteiger partial charge >= 0.3 is 100 Å². The molecule has 0 aliphatic carbocycles. The standard InChI is InChI=1S/C12H9NSSe/c1-9-2-4-10(5-3-9)12-6-11(7-15-12)13-8-14/h2-7H,1H3. The molecule has 0 radical (unpaired) electrons. The third-order valence-corrected chi connectivity index (χ3v) is 4.22. The maximum absolute atomic E-state index is 4.58. The van der Waals surface area contributed by atoms with Crippen LogP contribution >= 0.6 is 12.2 Å². The molecule has 0 atom stereocenters. The van der Waals surface area contributed by atoms with Gasteiger partial charge in [-0.3, -0.25) is 0 Å². The third kappa shape index (κ3) is 2.53. The predicted octanol–water partition coefficient (Wildman–Crippen LogP) is 3.45. The van der Waals surface area contributed by atoms with Crippen LogP contribution in [0.2, 0.25) is 0 Å². The molecule has 1 heterocycles. The number of hydrogen-bond acceptors (Lipinski definition) is 2. The van der Waals surface area contributed by atoms with Crippen molar-refractivity contribution in [3.63, 3.8) is 0 Å². The molecule has 74 valence electrons. The van der Waals surface area contributed by atoms with E-state index in [1.807, 2.05) is 0 Å². The monoisotopic (exact) mass is 279 g/mol. The van der Waals surface area contributed by atoms with Crippen molar-refractivity contribution in [1.29, 1.82) is 0 Å². The first kappa shape index (κ1) is 10.5. The molecule has 1 aromatic heterocycles. The number of rotatable bonds is 2. The Labute approximate surface area is 100 Å². The average molecular weight is 278 g/mol. The first-order valence-corrected chi connectivity index (χ1v) is 6.78. The van der Waals surface area contributed by atoms with E-state index >= 15 is 0 Å². The van der Waals surface area contributed by atoms with Gasteiger partial charge in [-0.25, -0.2) is 0 Å². The Hall–Kier alpha value is -0.981. The zero-order chi connectivity index (χ0) is 10.7. The van der Waals surface area contributed by atoms with Crippen molar-refractivity contribution in [3.8, 4) is 10.0 Å².